The van der Waals surface area contributed by atoms with E-state index in [0.29, 0.717) is 17.1 Å². The summed E-state index contributed by atoms with van der Waals surface area (Å²) in [6.45, 7) is 8.39. The van der Waals surface area contributed by atoms with Crippen molar-refractivity contribution in [3.63, 3.8) is 0 Å². The molecular weight excluding hydrogens is 596 g/mol. The Balaban J connectivity index is 1.45. The molecule has 1 saturated heterocycles. The fraction of sp³-hybridized carbons (Fsp3) is 0.379. The van der Waals surface area contributed by atoms with Gasteiger partial charge in [-0.15, -0.1) is 23.1 Å². The van der Waals surface area contributed by atoms with E-state index in [-0.39, 0.29) is 35.3 Å². The third kappa shape index (κ3) is 7.62. The van der Waals surface area contributed by atoms with E-state index in [0.717, 1.165) is 16.9 Å². The number of hydrogen-bond donors (Lipinski definition) is 1. The molecule has 12 nitrogen and oxygen atoms in total. The number of oxime groups is 1. The molecular formula is C29H32N4O8S2. The first-order chi connectivity index (χ1) is 20.4. The van der Waals surface area contributed by atoms with Gasteiger partial charge in [-0.05, 0) is 44.0 Å². The number of thioether (sulfide) groups is 1. The first-order valence-corrected chi connectivity index (χ1v) is 15.1. The third-order valence-electron chi connectivity index (χ3n) is 6.27. The molecule has 4 rings (SSSR count). The summed E-state index contributed by atoms with van der Waals surface area (Å²) in [6.07, 6.45) is 1.30. The quantitative estimate of drug-likeness (QED) is 0.159. The largest absolute Gasteiger partial charge is 0.497 e. The highest BCUT2D eigenvalue weighted by Crippen LogP contribution is 2.45. The number of rotatable bonds is 12. The van der Waals surface area contributed by atoms with Gasteiger partial charge in [0.2, 0.25) is 12.5 Å². The highest BCUT2D eigenvalue weighted by Gasteiger charge is 2.54. The van der Waals surface area contributed by atoms with Crippen molar-refractivity contribution in [2.45, 2.75) is 44.8 Å². The van der Waals surface area contributed by atoms with Crippen molar-refractivity contribution in [3.05, 3.63) is 64.8 Å². The van der Waals surface area contributed by atoms with E-state index < -0.39 is 47.1 Å². The van der Waals surface area contributed by atoms with Crippen LogP contribution in [0.4, 0.5) is 5.13 Å². The molecule has 0 saturated carbocycles. The Morgan fingerprint density at radius 2 is 1.95 bits per heavy atom. The van der Waals surface area contributed by atoms with Gasteiger partial charge in [-0.3, -0.25) is 14.5 Å². The summed E-state index contributed by atoms with van der Waals surface area (Å²) < 4.78 is 15.9. The van der Waals surface area contributed by atoms with Gasteiger partial charge in [-0.2, -0.15) is 0 Å². The smallest absolute Gasteiger partial charge is 0.355 e. The first-order valence-electron chi connectivity index (χ1n) is 13.2. The highest BCUT2D eigenvalue weighted by atomic mass is 32.2. The number of esters is 2. The number of amides is 1. The van der Waals surface area contributed by atoms with Gasteiger partial charge in [0.05, 0.1) is 18.4 Å². The van der Waals surface area contributed by atoms with Crippen molar-refractivity contribution in [1.82, 2.24) is 9.88 Å². The van der Waals surface area contributed by atoms with Crippen LogP contribution in [-0.4, -0.2) is 69.7 Å². The molecule has 1 amide bonds. The number of aromatic nitrogens is 1. The number of allylic oxidation sites excluding steroid dienone is 1. The van der Waals surface area contributed by atoms with Crippen LogP contribution in [0, 0.1) is 5.92 Å². The molecule has 0 bridgehead atoms. The molecule has 1 aromatic heterocycles. The van der Waals surface area contributed by atoms with Gasteiger partial charge < -0.3 is 24.8 Å². The topological polar surface area (TPSA) is 160 Å². The molecule has 1 fully saturated rings. The minimum absolute atomic E-state index is 0.00159. The van der Waals surface area contributed by atoms with Crippen LogP contribution in [0.5, 0.6) is 5.75 Å². The number of fused-ring (bicyclic) bond motifs is 1. The number of ketones is 1. The van der Waals surface area contributed by atoms with E-state index in [4.69, 9.17) is 24.8 Å². The van der Waals surface area contributed by atoms with E-state index in [2.05, 4.69) is 16.7 Å². The highest BCUT2D eigenvalue weighted by molar-refractivity contribution is 8.00. The number of benzene rings is 1. The Bertz CT molecular complexity index is 1480. The number of thiazole rings is 1. The number of Topliss-reactive ketones (excluding diaryl/α,β-unsaturated/α-hetero) is 1. The average molecular weight is 629 g/mol. The Labute approximate surface area is 256 Å². The van der Waals surface area contributed by atoms with Crippen molar-refractivity contribution < 1.29 is 38.2 Å². The number of β-lactam (4-membered cyclic amide) rings is 1. The summed E-state index contributed by atoms with van der Waals surface area (Å²) in [4.78, 5) is 62.6. The lowest BCUT2D eigenvalue weighted by Gasteiger charge is -2.49. The molecule has 14 heteroatoms. The van der Waals surface area contributed by atoms with Crippen molar-refractivity contribution >= 4 is 57.6 Å². The fourth-order valence-electron chi connectivity index (χ4n) is 4.32. The number of nitrogens with zero attached hydrogens (tertiary/aromatic N) is 3. The summed E-state index contributed by atoms with van der Waals surface area (Å²) in [5, 5.41) is 5.13. The number of carbonyl (C=O) groups is 4. The Hall–Kier alpha value is -4.17. The van der Waals surface area contributed by atoms with Crippen LogP contribution in [0.15, 0.2) is 58.7 Å². The second-order valence-electron chi connectivity index (χ2n) is 10.5. The normalized spacial score (nSPS) is 18.4. The molecule has 2 aromatic rings. The van der Waals surface area contributed by atoms with Gasteiger partial charge in [-0.25, -0.2) is 14.6 Å². The predicted octanol–water partition coefficient (Wildman–Crippen LogP) is 3.47. The zero-order chi connectivity index (χ0) is 31.3. The number of hydrogen-bond acceptors (Lipinski definition) is 13. The standard InChI is InChI=1S/C29H32N4O8S2/c1-6-17-14-42-26-19(25(36)33(26)24(17)27(37)39-12-16-7-9-18(38-5)10-8-16)11-21(34)23(20-15-43-28(30)31-20)32-40-13-22(35)41-29(2,3)4/h6-10,15,19,26H,1,11-14H2,2-5H3,(H2,30,31)/b32-23-/t19-,26-/m1/s1. The van der Waals surface area contributed by atoms with Crippen LogP contribution < -0.4 is 10.5 Å². The first kappa shape index (κ1) is 31.8. The summed E-state index contributed by atoms with van der Waals surface area (Å²) in [5.74, 6) is -1.93. The Morgan fingerprint density at radius 3 is 2.56 bits per heavy atom. The van der Waals surface area contributed by atoms with Gasteiger partial charge in [0.1, 0.15) is 29.3 Å². The summed E-state index contributed by atoms with van der Waals surface area (Å²) in [6, 6.07) is 7.06. The molecule has 0 spiro atoms. The number of ether oxygens (including phenoxy) is 3. The molecule has 43 heavy (non-hydrogen) atoms. The zero-order valence-corrected chi connectivity index (χ0v) is 25.8. The molecule has 3 heterocycles. The van der Waals surface area contributed by atoms with Crippen LogP contribution in [0.1, 0.15) is 38.4 Å². The fourth-order valence-corrected chi connectivity index (χ4v) is 6.27. The van der Waals surface area contributed by atoms with Crippen LogP contribution in [0.3, 0.4) is 0 Å². The summed E-state index contributed by atoms with van der Waals surface area (Å²) in [7, 11) is 1.56. The van der Waals surface area contributed by atoms with Gasteiger partial charge in [0.15, 0.2) is 16.6 Å². The van der Waals surface area contributed by atoms with E-state index in [1.54, 1.807) is 52.1 Å². The lowest BCUT2D eigenvalue weighted by atomic mass is 9.89. The third-order valence-corrected chi connectivity index (χ3v) is 8.30. The van der Waals surface area contributed by atoms with E-state index in [1.807, 2.05) is 0 Å². The predicted molar refractivity (Wildman–Crippen MR) is 161 cm³/mol. The number of carbonyl (C=O) groups excluding carboxylic acids is 4. The number of nitrogens with two attached hydrogens (primary N) is 1. The maximum absolute atomic E-state index is 13.4. The van der Waals surface area contributed by atoms with E-state index in [1.165, 1.54) is 28.1 Å². The maximum Gasteiger partial charge on any atom is 0.355 e. The monoisotopic (exact) mass is 628 g/mol. The van der Waals surface area contributed by atoms with Crippen molar-refractivity contribution in [2.24, 2.45) is 11.1 Å². The average Bonchev–Trinajstić information content (AvgIpc) is 3.40. The minimum Gasteiger partial charge on any atom is -0.497 e. The molecule has 1 aromatic carbocycles. The lowest BCUT2D eigenvalue weighted by molar-refractivity contribution is -0.160. The number of methoxy groups -OCH3 is 1. The van der Waals surface area contributed by atoms with Gasteiger partial charge in [0.25, 0.3) is 0 Å². The van der Waals surface area contributed by atoms with Crippen molar-refractivity contribution in [3.8, 4) is 5.75 Å². The van der Waals surface area contributed by atoms with Crippen molar-refractivity contribution in [2.75, 3.05) is 25.2 Å². The van der Waals surface area contributed by atoms with Gasteiger partial charge in [0, 0.05) is 17.6 Å². The Kier molecular flexibility index (Phi) is 9.91. The molecule has 2 N–H and O–H groups in total. The molecule has 228 valence electrons. The van der Waals surface area contributed by atoms with E-state index >= 15 is 0 Å². The number of nitrogen functional groups attached to an aromatic ring is 1. The zero-order valence-electron chi connectivity index (χ0n) is 24.2. The lowest BCUT2D eigenvalue weighted by Crippen LogP contribution is -2.62. The van der Waals surface area contributed by atoms with Crippen LogP contribution in [0.2, 0.25) is 0 Å². The molecule has 2 aliphatic rings. The van der Waals surface area contributed by atoms with Crippen molar-refractivity contribution in [1.29, 1.82) is 0 Å². The SMILES string of the molecule is C=CC1=C(C(=O)OCc2ccc(OC)cc2)N2C(=O)[C@@H](CC(=O)/C(=N\OCC(=O)OC(C)(C)C)c3csc(N)n3)[C@H]2SC1. The molecule has 2 atom stereocenters. The Morgan fingerprint density at radius 1 is 1.23 bits per heavy atom. The summed E-state index contributed by atoms with van der Waals surface area (Å²) in [5.41, 5.74) is 6.45. The van der Waals surface area contributed by atoms with Gasteiger partial charge in [-0.1, -0.05) is 29.9 Å². The maximum atomic E-state index is 13.4. The number of anilines is 1. The minimum atomic E-state index is -0.736. The van der Waals surface area contributed by atoms with Gasteiger partial charge >= 0.3 is 11.9 Å². The van der Waals surface area contributed by atoms with E-state index in [9.17, 15) is 19.2 Å². The molecule has 0 aliphatic carbocycles. The van der Waals surface area contributed by atoms with Crippen LogP contribution >= 0.6 is 23.1 Å². The molecule has 0 radical (unpaired) electrons. The molecule has 2 aliphatic heterocycles. The van der Waals surface area contributed by atoms with Crippen LogP contribution in [-0.2, 0) is 40.1 Å². The second kappa shape index (κ2) is 13.4. The second-order valence-corrected chi connectivity index (χ2v) is 12.5. The molecule has 0 unspecified atom stereocenters. The summed E-state index contributed by atoms with van der Waals surface area (Å²) >= 11 is 2.51. The van der Waals surface area contributed by atoms with Crippen LogP contribution in [0.25, 0.3) is 0 Å².